The number of carbonyl (C=O) groups excluding carboxylic acids is 1. The maximum atomic E-state index is 13.0. The van der Waals surface area contributed by atoms with Crippen molar-refractivity contribution in [1.29, 1.82) is 0 Å². The van der Waals surface area contributed by atoms with Crippen LogP contribution in [0.5, 0.6) is 0 Å². The van der Waals surface area contributed by atoms with Crippen LogP contribution in [0.25, 0.3) is 0 Å². The molecule has 0 radical (unpaired) electrons. The summed E-state index contributed by atoms with van der Waals surface area (Å²) in [6, 6.07) is 8.10. The van der Waals surface area contributed by atoms with E-state index in [9.17, 15) is 14.7 Å². The Morgan fingerprint density at radius 2 is 1.81 bits per heavy atom. The number of amides is 1. The number of rotatable bonds is 3. The van der Waals surface area contributed by atoms with E-state index in [0.717, 1.165) is 12.1 Å². The molecule has 2 heterocycles. The second kappa shape index (κ2) is 6.69. The Balaban J connectivity index is 1.53. The molecule has 0 aromatic heterocycles. The van der Waals surface area contributed by atoms with Gasteiger partial charge in [0.1, 0.15) is 5.41 Å². The fraction of sp³-hybridized carbons (Fsp3) is 0.619. The lowest BCUT2D eigenvalue weighted by Crippen LogP contribution is -2.44. The summed E-state index contributed by atoms with van der Waals surface area (Å²) in [4.78, 5) is 29.4. The summed E-state index contributed by atoms with van der Waals surface area (Å²) in [5.74, 6) is -0.724. The molecule has 1 amide bonds. The predicted molar refractivity (Wildman–Crippen MR) is 99.1 cm³/mol. The minimum Gasteiger partial charge on any atom is -0.481 e. The summed E-state index contributed by atoms with van der Waals surface area (Å²) in [5.41, 5.74) is 0.843. The molecule has 2 saturated heterocycles. The zero-order valence-electron chi connectivity index (χ0n) is 15.5. The Hall–Kier alpha value is -1.88. The first-order valence-corrected chi connectivity index (χ1v) is 9.83. The molecule has 0 bridgehead atoms. The first kappa shape index (κ1) is 17.5. The van der Waals surface area contributed by atoms with Gasteiger partial charge >= 0.3 is 5.97 Å². The summed E-state index contributed by atoms with van der Waals surface area (Å²) in [6.07, 6.45) is 6.19. The third kappa shape index (κ3) is 2.82. The van der Waals surface area contributed by atoms with Gasteiger partial charge in [-0.05, 0) is 31.4 Å². The molecule has 2 aliphatic heterocycles. The number of benzene rings is 1. The Labute approximate surface area is 155 Å². The molecule has 140 valence electrons. The summed E-state index contributed by atoms with van der Waals surface area (Å²) in [6.45, 7) is 4.23. The Bertz CT molecular complexity index is 713. The van der Waals surface area contributed by atoms with E-state index < -0.39 is 11.4 Å². The van der Waals surface area contributed by atoms with Crippen molar-refractivity contribution in [2.45, 2.75) is 45.1 Å². The monoisotopic (exact) mass is 356 g/mol. The van der Waals surface area contributed by atoms with Gasteiger partial charge in [0.2, 0.25) is 0 Å². The standard InChI is InChI=1S/C21H28N2O3/c1-15-7-5-6-10-18(15)19(24)23-12-16-11-22(17-8-3-2-4-9-17)13-21(16,14-23)20(25)26/h5-7,10,16-17H,2-4,8-9,11-14H2,1H3,(H,25,26)/t16-,21-/m0/s1. The van der Waals surface area contributed by atoms with Gasteiger partial charge in [-0.1, -0.05) is 37.5 Å². The van der Waals surface area contributed by atoms with Gasteiger partial charge < -0.3 is 10.0 Å². The molecule has 1 aliphatic carbocycles. The highest BCUT2D eigenvalue weighted by atomic mass is 16.4. The van der Waals surface area contributed by atoms with E-state index in [2.05, 4.69) is 4.90 Å². The third-order valence-electron chi connectivity index (χ3n) is 6.82. The van der Waals surface area contributed by atoms with E-state index in [1.807, 2.05) is 31.2 Å². The number of hydrogen-bond donors (Lipinski definition) is 1. The smallest absolute Gasteiger partial charge is 0.313 e. The van der Waals surface area contributed by atoms with Crippen molar-refractivity contribution in [2.75, 3.05) is 26.2 Å². The van der Waals surface area contributed by atoms with E-state index in [0.29, 0.717) is 31.2 Å². The lowest BCUT2D eigenvalue weighted by Gasteiger charge is -2.33. The molecule has 1 N–H and O–H groups in total. The largest absolute Gasteiger partial charge is 0.481 e. The minimum atomic E-state index is -0.796. The van der Waals surface area contributed by atoms with Crippen molar-refractivity contribution >= 4 is 11.9 Å². The van der Waals surface area contributed by atoms with E-state index in [1.165, 1.54) is 32.1 Å². The number of hydrogen-bond acceptors (Lipinski definition) is 3. The van der Waals surface area contributed by atoms with Crippen molar-refractivity contribution in [2.24, 2.45) is 11.3 Å². The van der Waals surface area contributed by atoms with Crippen LogP contribution in [0.1, 0.15) is 48.0 Å². The molecule has 4 rings (SSSR count). The molecule has 1 aromatic carbocycles. The van der Waals surface area contributed by atoms with Crippen LogP contribution in [0.15, 0.2) is 24.3 Å². The fourth-order valence-electron chi connectivity index (χ4n) is 5.27. The van der Waals surface area contributed by atoms with Gasteiger partial charge in [-0.25, -0.2) is 0 Å². The van der Waals surface area contributed by atoms with Gasteiger partial charge in [0.25, 0.3) is 5.91 Å². The lowest BCUT2D eigenvalue weighted by atomic mass is 9.81. The number of carboxylic acid groups (broad SMARTS) is 1. The molecule has 5 heteroatoms. The highest BCUT2D eigenvalue weighted by molar-refractivity contribution is 5.96. The van der Waals surface area contributed by atoms with E-state index in [4.69, 9.17) is 0 Å². The van der Waals surface area contributed by atoms with Gasteiger partial charge in [-0.3, -0.25) is 14.5 Å². The van der Waals surface area contributed by atoms with Crippen LogP contribution < -0.4 is 0 Å². The van der Waals surface area contributed by atoms with Gasteiger partial charge in [0.15, 0.2) is 0 Å². The van der Waals surface area contributed by atoms with E-state index >= 15 is 0 Å². The highest BCUT2D eigenvalue weighted by Gasteiger charge is 2.59. The molecule has 1 saturated carbocycles. The molecule has 0 spiro atoms. The Morgan fingerprint density at radius 3 is 2.46 bits per heavy atom. The van der Waals surface area contributed by atoms with Crippen LogP contribution in [-0.2, 0) is 4.79 Å². The van der Waals surface area contributed by atoms with E-state index in [1.54, 1.807) is 4.90 Å². The number of nitrogens with zero attached hydrogens (tertiary/aromatic N) is 2. The highest BCUT2D eigenvalue weighted by Crippen LogP contribution is 2.45. The maximum absolute atomic E-state index is 13.0. The van der Waals surface area contributed by atoms with E-state index in [-0.39, 0.29) is 11.8 Å². The molecule has 3 fully saturated rings. The number of carboxylic acids is 1. The van der Waals surface area contributed by atoms with Crippen LogP contribution in [0, 0.1) is 18.3 Å². The average Bonchev–Trinajstić information content (AvgIpc) is 3.18. The number of fused-ring (bicyclic) bond motifs is 1. The quantitative estimate of drug-likeness (QED) is 0.905. The number of aryl methyl sites for hydroxylation is 1. The van der Waals surface area contributed by atoms with Crippen LogP contribution in [0.2, 0.25) is 0 Å². The molecule has 26 heavy (non-hydrogen) atoms. The number of aliphatic carboxylic acids is 1. The SMILES string of the molecule is Cc1ccccc1C(=O)N1C[C@@H]2CN(C3CCCCC3)C[C@]2(C(=O)O)C1. The average molecular weight is 356 g/mol. The lowest BCUT2D eigenvalue weighted by molar-refractivity contribution is -0.148. The summed E-state index contributed by atoms with van der Waals surface area (Å²) >= 11 is 0. The molecule has 1 aromatic rings. The van der Waals surface area contributed by atoms with Crippen LogP contribution in [-0.4, -0.2) is 59.0 Å². The second-order valence-corrected chi connectivity index (χ2v) is 8.38. The Kier molecular flexibility index (Phi) is 4.51. The number of carbonyl (C=O) groups is 2. The summed E-state index contributed by atoms with van der Waals surface area (Å²) in [7, 11) is 0. The van der Waals surface area contributed by atoms with Crippen molar-refractivity contribution in [3.05, 3.63) is 35.4 Å². The van der Waals surface area contributed by atoms with Gasteiger partial charge in [0.05, 0.1) is 0 Å². The molecule has 0 unspecified atom stereocenters. The summed E-state index contributed by atoms with van der Waals surface area (Å²) < 4.78 is 0. The molecular formula is C21H28N2O3. The minimum absolute atomic E-state index is 0.0256. The second-order valence-electron chi connectivity index (χ2n) is 8.38. The first-order valence-electron chi connectivity index (χ1n) is 9.83. The summed E-state index contributed by atoms with van der Waals surface area (Å²) in [5, 5.41) is 10.1. The van der Waals surface area contributed by atoms with Crippen molar-refractivity contribution in [3.63, 3.8) is 0 Å². The van der Waals surface area contributed by atoms with Crippen LogP contribution >= 0.6 is 0 Å². The van der Waals surface area contributed by atoms with Crippen LogP contribution in [0.4, 0.5) is 0 Å². The molecule has 5 nitrogen and oxygen atoms in total. The third-order valence-corrected chi connectivity index (χ3v) is 6.82. The maximum Gasteiger partial charge on any atom is 0.313 e. The van der Waals surface area contributed by atoms with Gasteiger partial charge in [0, 0.05) is 43.7 Å². The van der Waals surface area contributed by atoms with Crippen molar-refractivity contribution < 1.29 is 14.7 Å². The van der Waals surface area contributed by atoms with Crippen molar-refractivity contribution in [3.8, 4) is 0 Å². The molecular weight excluding hydrogens is 328 g/mol. The van der Waals surface area contributed by atoms with Gasteiger partial charge in [-0.2, -0.15) is 0 Å². The topological polar surface area (TPSA) is 60.9 Å². The predicted octanol–water partition coefficient (Wildman–Crippen LogP) is 2.79. The zero-order valence-corrected chi connectivity index (χ0v) is 15.5. The fourth-order valence-corrected chi connectivity index (χ4v) is 5.27. The van der Waals surface area contributed by atoms with Crippen molar-refractivity contribution in [1.82, 2.24) is 9.80 Å². The number of likely N-dealkylation sites (tertiary alicyclic amines) is 2. The molecule has 3 aliphatic rings. The molecule has 2 atom stereocenters. The van der Waals surface area contributed by atoms with Gasteiger partial charge in [-0.15, -0.1) is 0 Å². The normalized spacial score (nSPS) is 29.7. The Morgan fingerprint density at radius 1 is 1.08 bits per heavy atom. The first-order chi connectivity index (χ1) is 12.5. The zero-order chi connectivity index (χ0) is 18.3. The van der Waals surface area contributed by atoms with Crippen LogP contribution in [0.3, 0.4) is 0 Å².